The predicted molar refractivity (Wildman–Crippen MR) is 127 cm³/mol. The highest BCUT2D eigenvalue weighted by Gasteiger charge is 2.34. The summed E-state index contributed by atoms with van der Waals surface area (Å²) in [6, 6.07) is 8.24. The van der Waals surface area contributed by atoms with Crippen molar-refractivity contribution in [1.82, 2.24) is 16.0 Å². The van der Waals surface area contributed by atoms with Gasteiger partial charge in [0.25, 0.3) is 0 Å². The molecule has 2 rings (SSSR count). The molecule has 0 atom stereocenters. The number of guanidine groups is 1. The molecule has 7 nitrogen and oxygen atoms in total. The number of carbonyl (C=O) groups is 1. The van der Waals surface area contributed by atoms with Crippen molar-refractivity contribution in [2.45, 2.75) is 44.6 Å². The lowest BCUT2D eigenvalue weighted by molar-refractivity contribution is -0.121. The average Bonchev–Trinajstić information content (AvgIpc) is 2.67. The minimum atomic E-state index is -0.254. The second-order valence-corrected chi connectivity index (χ2v) is 8.20. The lowest BCUT2D eigenvalue weighted by atomic mass is 9.74. The fourth-order valence-electron chi connectivity index (χ4n) is 3.37. The van der Waals surface area contributed by atoms with Crippen LogP contribution in [0.3, 0.4) is 0 Å². The number of ether oxygens (including phenoxy) is 2. The summed E-state index contributed by atoms with van der Waals surface area (Å²) in [6.45, 7) is 8.23. The van der Waals surface area contributed by atoms with Gasteiger partial charge >= 0.3 is 0 Å². The molecule has 0 aromatic heterocycles. The maximum atomic E-state index is 12.0. The van der Waals surface area contributed by atoms with Crippen LogP contribution < -0.4 is 20.7 Å². The van der Waals surface area contributed by atoms with Crippen molar-refractivity contribution in [2.75, 3.05) is 40.5 Å². The van der Waals surface area contributed by atoms with Crippen LogP contribution in [0.5, 0.6) is 5.75 Å². The highest BCUT2D eigenvalue weighted by Crippen LogP contribution is 2.35. The summed E-state index contributed by atoms with van der Waals surface area (Å²) < 4.78 is 10.9. The number of hydrogen-bond donors (Lipinski definition) is 3. The number of hydrogen-bond acceptors (Lipinski definition) is 4. The maximum Gasteiger partial charge on any atom is 0.239 e. The Balaban J connectivity index is 0.00000420. The van der Waals surface area contributed by atoms with Gasteiger partial charge in [0, 0.05) is 37.8 Å². The van der Waals surface area contributed by atoms with Crippen molar-refractivity contribution in [2.24, 2.45) is 4.99 Å². The van der Waals surface area contributed by atoms with Gasteiger partial charge in [-0.3, -0.25) is 9.79 Å². The molecule has 0 bridgehead atoms. The van der Waals surface area contributed by atoms with E-state index in [1.165, 1.54) is 5.56 Å². The topological polar surface area (TPSA) is 84.0 Å². The van der Waals surface area contributed by atoms with Gasteiger partial charge in [0.05, 0.1) is 13.7 Å². The van der Waals surface area contributed by atoms with Crippen LogP contribution in [0, 0.1) is 0 Å². The van der Waals surface area contributed by atoms with Crippen LogP contribution in [0.25, 0.3) is 0 Å². The first kappa shape index (κ1) is 25.5. The first-order valence-electron chi connectivity index (χ1n) is 9.76. The molecule has 29 heavy (non-hydrogen) atoms. The highest BCUT2D eigenvalue weighted by molar-refractivity contribution is 14.0. The fraction of sp³-hybridized carbons (Fsp3) is 0.619. The third-order valence-electron chi connectivity index (χ3n) is 4.90. The lowest BCUT2D eigenvalue weighted by Crippen LogP contribution is -2.51. The van der Waals surface area contributed by atoms with E-state index < -0.39 is 0 Å². The number of rotatable bonds is 6. The summed E-state index contributed by atoms with van der Waals surface area (Å²) >= 11 is 0. The van der Waals surface area contributed by atoms with E-state index >= 15 is 0 Å². The van der Waals surface area contributed by atoms with Gasteiger partial charge in [-0.1, -0.05) is 12.1 Å². The zero-order valence-corrected chi connectivity index (χ0v) is 20.5. The molecular weight excluding hydrogens is 483 g/mol. The minimum absolute atomic E-state index is 0. The summed E-state index contributed by atoms with van der Waals surface area (Å²) in [5, 5.41) is 9.43. The van der Waals surface area contributed by atoms with Gasteiger partial charge in [0.2, 0.25) is 5.91 Å². The van der Waals surface area contributed by atoms with Crippen LogP contribution in [-0.4, -0.2) is 57.9 Å². The van der Waals surface area contributed by atoms with Gasteiger partial charge in [-0.05, 0) is 51.3 Å². The van der Waals surface area contributed by atoms with Gasteiger partial charge in [-0.15, -0.1) is 24.0 Å². The Labute approximate surface area is 191 Å². The number of carbonyl (C=O) groups excluding carboxylic acids is 1. The molecule has 1 aliphatic heterocycles. The Bertz CT molecular complexity index is 665. The Hall–Kier alpha value is -1.55. The molecule has 0 radical (unpaired) electrons. The zero-order valence-electron chi connectivity index (χ0n) is 18.1. The van der Waals surface area contributed by atoms with Gasteiger partial charge in [0.15, 0.2) is 5.96 Å². The smallest absolute Gasteiger partial charge is 0.239 e. The standard InChI is InChI=1S/C21H34N4O3.HI/c1-20(2,3)25-18(26)14-23-19(22-4)24-15-21(10-12-28-13-11-21)16-6-8-17(27-5)9-7-16;/h6-9H,10-15H2,1-5H3,(H,25,26)(H2,22,23,24);1H. The average molecular weight is 518 g/mol. The first-order valence-corrected chi connectivity index (χ1v) is 9.76. The molecule has 0 aliphatic carbocycles. The molecule has 1 aromatic carbocycles. The Morgan fingerprint density at radius 1 is 1.17 bits per heavy atom. The lowest BCUT2D eigenvalue weighted by Gasteiger charge is -2.38. The molecule has 1 aliphatic rings. The zero-order chi connectivity index (χ0) is 20.6. The predicted octanol–water partition coefficient (Wildman–Crippen LogP) is 2.44. The summed E-state index contributed by atoms with van der Waals surface area (Å²) in [5.41, 5.74) is 0.955. The van der Waals surface area contributed by atoms with E-state index in [0.29, 0.717) is 12.5 Å². The third kappa shape index (κ3) is 8.00. The van der Waals surface area contributed by atoms with Crippen molar-refractivity contribution in [3.8, 4) is 5.75 Å². The fourth-order valence-corrected chi connectivity index (χ4v) is 3.37. The summed E-state index contributed by atoms with van der Waals surface area (Å²) in [5.74, 6) is 1.40. The monoisotopic (exact) mass is 518 g/mol. The number of halogens is 1. The number of methoxy groups -OCH3 is 1. The maximum absolute atomic E-state index is 12.0. The van der Waals surface area contributed by atoms with Crippen molar-refractivity contribution in [3.05, 3.63) is 29.8 Å². The molecule has 3 N–H and O–H groups in total. The summed E-state index contributed by atoms with van der Waals surface area (Å²) in [7, 11) is 3.38. The highest BCUT2D eigenvalue weighted by atomic mass is 127. The Morgan fingerprint density at radius 3 is 2.31 bits per heavy atom. The van der Waals surface area contributed by atoms with E-state index in [1.807, 2.05) is 32.9 Å². The number of nitrogens with one attached hydrogen (secondary N) is 3. The number of benzene rings is 1. The van der Waals surface area contributed by atoms with E-state index in [2.05, 4.69) is 33.1 Å². The molecule has 1 amide bonds. The third-order valence-corrected chi connectivity index (χ3v) is 4.90. The normalized spacial score (nSPS) is 16.4. The molecule has 0 saturated carbocycles. The van der Waals surface area contributed by atoms with E-state index in [1.54, 1.807) is 14.2 Å². The van der Waals surface area contributed by atoms with Crippen LogP contribution in [0.2, 0.25) is 0 Å². The summed E-state index contributed by atoms with van der Waals surface area (Å²) in [6.07, 6.45) is 1.85. The van der Waals surface area contributed by atoms with E-state index in [-0.39, 0.29) is 47.4 Å². The molecule has 8 heteroatoms. The van der Waals surface area contributed by atoms with Crippen molar-refractivity contribution >= 4 is 35.8 Å². The van der Waals surface area contributed by atoms with Crippen LogP contribution in [-0.2, 0) is 14.9 Å². The van der Waals surface area contributed by atoms with Crippen LogP contribution in [0.1, 0.15) is 39.2 Å². The molecule has 164 valence electrons. The second kappa shape index (κ2) is 11.6. The van der Waals surface area contributed by atoms with Gasteiger partial charge in [-0.25, -0.2) is 0 Å². The van der Waals surface area contributed by atoms with E-state index in [9.17, 15) is 4.79 Å². The minimum Gasteiger partial charge on any atom is -0.497 e. The number of aliphatic imine (C=N–C) groups is 1. The van der Waals surface area contributed by atoms with Crippen LogP contribution in [0.4, 0.5) is 0 Å². The van der Waals surface area contributed by atoms with Gasteiger partial charge in [-0.2, -0.15) is 0 Å². The van der Waals surface area contributed by atoms with Crippen molar-refractivity contribution < 1.29 is 14.3 Å². The van der Waals surface area contributed by atoms with Gasteiger partial charge in [0.1, 0.15) is 5.75 Å². The van der Waals surface area contributed by atoms with Crippen LogP contribution >= 0.6 is 24.0 Å². The van der Waals surface area contributed by atoms with E-state index in [4.69, 9.17) is 9.47 Å². The molecule has 1 aromatic rings. The molecule has 1 fully saturated rings. The number of amides is 1. The quantitative estimate of drug-likeness (QED) is 0.306. The van der Waals surface area contributed by atoms with Crippen LogP contribution in [0.15, 0.2) is 29.3 Å². The van der Waals surface area contributed by atoms with Crippen molar-refractivity contribution in [3.63, 3.8) is 0 Å². The number of nitrogens with zero attached hydrogens (tertiary/aromatic N) is 1. The molecule has 0 unspecified atom stereocenters. The summed E-state index contributed by atoms with van der Waals surface area (Å²) in [4.78, 5) is 16.3. The van der Waals surface area contributed by atoms with Crippen molar-refractivity contribution in [1.29, 1.82) is 0 Å². The second-order valence-electron chi connectivity index (χ2n) is 8.20. The molecular formula is C21H35IN4O3. The Kier molecular flexibility index (Phi) is 10.2. The van der Waals surface area contributed by atoms with Gasteiger partial charge < -0.3 is 25.4 Å². The largest absolute Gasteiger partial charge is 0.497 e. The molecule has 1 saturated heterocycles. The Morgan fingerprint density at radius 2 is 1.79 bits per heavy atom. The first-order chi connectivity index (χ1) is 13.3. The molecule has 1 heterocycles. The molecule has 0 spiro atoms. The SMILES string of the molecule is CN=C(NCC(=O)NC(C)(C)C)NCC1(c2ccc(OC)cc2)CCOCC1.I. The van der Waals surface area contributed by atoms with E-state index in [0.717, 1.165) is 31.8 Å².